The van der Waals surface area contributed by atoms with Gasteiger partial charge in [0.15, 0.2) is 0 Å². The lowest BCUT2D eigenvalue weighted by Crippen LogP contribution is -2.10. The Labute approximate surface area is 87.9 Å². The first kappa shape index (κ1) is 10.5. The molecule has 0 aliphatic heterocycles. The summed E-state index contributed by atoms with van der Waals surface area (Å²) in [6.07, 6.45) is 13.5. The van der Waals surface area contributed by atoms with Crippen molar-refractivity contribution in [1.29, 1.82) is 0 Å². The Hall–Kier alpha value is -0.0400. The summed E-state index contributed by atoms with van der Waals surface area (Å²) in [4.78, 5) is 0. The van der Waals surface area contributed by atoms with Crippen LogP contribution in [0, 0.1) is 11.8 Å². The average molecular weight is 196 g/mol. The molecule has 14 heavy (non-hydrogen) atoms. The molecule has 2 saturated carbocycles. The zero-order valence-electron chi connectivity index (χ0n) is 9.25. The molecule has 0 spiro atoms. The van der Waals surface area contributed by atoms with E-state index in [1.54, 1.807) is 0 Å². The Morgan fingerprint density at radius 2 is 1.29 bits per heavy atom. The molecule has 82 valence electrons. The van der Waals surface area contributed by atoms with Gasteiger partial charge < -0.3 is 5.11 Å². The molecule has 3 atom stereocenters. The van der Waals surface area contributed by atoms with Crippen molar-refractivity contribution in [2.45, 2.75) is 70.3 Å². The zero-order chi connectivity index (χ0) is 9.80. The fourth-order valence-corrected chi connectivity index (χ4v) is 2.93. The van der Waals surface area contributed by atoms with Gasteiger partial charge >= 0.3 is 0 Å². The van der Waals surface area contributed by atoms with E-state index >= 15 is 0 Å². The van der Waals surface area contributed by atoms with Crippen LogP contribution in [-0.2, 0) is 0 Å². The molecule has 1 N–H and O–H groups in total. The van der Waals surface area contributed by atoms with Gasteiger partial charge in [-0.25, -0.2) is 0 Å². The summed E-state index contributed by atoms with van der Waals surface area (Å²) in [6.45, 7) is 0. The number of hydrogen-bond donors (Lipinski definition) is 1. The molecule has 0 aromatic rings. The van der Waals surface area contributed by atoms with Crippen LogP contribution in [0.25, 0.3) is 0 Å². The molecule has 2 aliphatic rings. The summed E-state index contributed by atoms with van der Waals surface area (Å²) in [6, 6.07) is 0. The number of fused-ring (bicyclic) bond motifs is 1. The maximum Gasteiger partial charge on any atom is 0.0571 e. The molecule has 1 heteroatoms. The summed E-state index contributed by atoms with van der Waals surface area (Å²) in [5.41, 5.74) is 0. The third-order valence-electron chi connectivity index (χ3n) is 4.05. The first-order valence-electron chi connectivity index (χ1n) is 6.56. The average Bonchev–Trinajstić information content (AvgIpc) is 2.92. The van der Waals surface area contributed by atoms with Crippen LogP contribution in [0.4, 0.5) is 0 Å². The molecule has 2 rings (SSSR count). The van der Waals surface area contributed by atoms with Crippen molar-refractivity contribution in [3.05, 3.63) is 0 Å². The Kier molecular flexibility index (Phi) is 3.86. The van der Waals surface area contributed by atoms with E-state index < -0.39 is 0 Å². The van der Waals surface area contributed by atoms with Crippen LogP contribution in [-0.4, -0.2) is 11.2 Å². The number of aliphatic hydroxyl groups is 1. The maximum atomic E-state index is 9.90. The molecule has 0 amide bonds. The fraction of sp³-hybridized carbons (Fsp3) is 1.00. The second-order valence-electron chi connectivity index (χ2n) is 5.28. The van der Waals surface area contributed by atoms with Crippen LogP contribution in [0.2, 0.25) is 0 Å². The molecule has 0 aromatic carbocycles. The van der Waals surface area contributed by atoms with Crippen LogP contribution >= 0.6 is 0 Å². The Morgan fingerprint density at radius 1 is 0.714 bits per heavy atom. The monoisotopic (exact) mass is 196 g/mol. The normalized spacial score (nSPS) is 40.5. The number of aliphatic hydroxyl groups excluding tert-OH is 1. The Bertz CT molecular complexity index is 167. The molecule has 0 saturated heterocycles. The molecular formula is C13H24O. The standard InChI is InChI=1S/C13H24O/c14-13-9-7-5-3-1-2-4-6-8-11-10-12(11)13/h11-14H,1-10H2/t11-,12-,13+/m0/s1. The van der Waals surface area contributed by atoms with E-state index in [4.69, 9.17) is 0 Å². The van der Waals surface area contributed by atoms with E-state index in [1.807, 2.05) is 0 Å². The SMILES string of the molecule is O[C@@H]1CCCCCCCCC[C@H]2C[C@@H]21. The molecule has 2 aliphatic carbocycles. The van der Waals surface area contributed by atoms with Gasteiger partial charge in [0.05, 0.1) is 6.10 Å². The van der Waals surface area contributed by atoms with Crippen molar-refractivity contribution in [3.63, 3.8) is 0 Å². The van der Waals surface area contributed by atoms with Crippen LogP contribution in [0.3, 0.4) is 0 Å². The predicted molar refractivity (Wildman–Crippen MR) is 59.2 cm³/mol. The summed E-state index contributed by atoms with van der Waals surface area (Å²) in [5, 5.41) is 9.90. The Balaban J connectivity index is 1.74. The van der Waals surface area contributed by atoms with Crippen LogP contribution in [0.15, 0.2) is 0 Å². The molecule has 0 unspecified atom stereocenters. The second kappa shape index (κ2) is 5.16. The van der Waals surface area contributed by atoms with E-state index in [9.17, 15) is 5.11 Å². The third-order valence-corrected chi connectivity index (χ3v) is 4.05. The quantitative estimate of drug-likeness (QED) is 0.628. The highest BCUT2D eigenvalue weighted by molar-refractivity contribution is 4.91. The van der Waals surface area contributed by atoms with Gasteiger partial charge in [0.2, 0.25) is 0 Å². The van der Waals surface area contributed by atoms with Crippen molar-refractivity contribution in [1.82, 2.24) is 0 Å². The lowest BCUT2D eigenvalue weighted by atomic mass is 10.00. The lowest BCUT2D eigenvalue weighted by Gasteiger charge is -2.11. The van der Waals surface area contributed by atoms with E-state index in [0.29, 0.717) is 5.92 Å². The van der Waals surface area contributed by atoms with E-state index in [-0.39, 0.29) is 6.10 Å². The highest BCUT2D eigenvalue weighted by atomic mass is 16.3. The van der Waals surface area contributed by atoms with Crippen molar-refractivity contribution < 1.29 is 5.11 Å². The topological polar surface area (TPSA) is 20.2 Å². The second-order valence-corrected chi connectivity index (χ2v) is 5.28. The lowest BCUT2D eigenvalue weighted by molar-refractivity contribution is 0.130. The molecule has 1 nitrogen and oxygen atoms in total. The molecule has 0 bridgehead atoms. The van der Waals surface area contributed by atoms with Crippen LogP contribution in [0.1, 0.15) is 64.2 Å². The third kappa shape index (κ3) is 2.98. The largest absolute Gasteiger partial charge is 0.393 e. The minimum atomic E-state index is 0.0411. The van der Waals surface area contributed by atoms with Crippen LogP contribution < -0.4 is 0 Å². The van der Waals surface area contributed by atoms with Gasteiger partial charge in [-0.05, 0) is 24.7 Å². The molecule has 2 fully saturated rings. The van der Waals surface area contributed by atoms with E-state index in [2.05, 4.69) is 0 Å². The van der Waals surface area contributed by atoms with Crippen LogP contribution in [0.5, 0.6) is 0 Å². The fourth-order valence-electron chi connectivity index (χ4n) is 2.93. The number of rotatable bonds is 0. The highest BCUT2D eigenvalue weighted by Crippen LogP contribution is 2.46. The minimum Gasteiger partial charge on any atom is -0.393 e. The first-order chi connectivity index (χ1) is 6.88. The summed E-state index contributed by atoms with van der Waals surface area (Å²) < 4.78 is 0. The minimum absolute atomic E-state index is 0.0411. The van der Waals surface area contributed by atoms with E-state index in [0.717, 1.165) is 12.3 Å². The number of hydrogen-bond acceptors (Lipinski definition) is 1. The van der Waals surface area contributed by atoms with Gasteiger partial charge in [0.1, 0.15) is 0 Å². The highest BCUT2D eigenvalue weighted by Gasteiger charge is 2.40. The predicted octanol–water partition coefficient (Wildman–Crippen LogP) is 3.51. The summed E-state index contributed by atoms with van der Waals surface area (Å²) >= 11 is 0. The first-order valence-corrected chi connectivity index (χ1v) is 6.56. The van der Waals surface area contributed by atoms with Gasteiger partial charge in [-0.3, -0.25) is 0 Å². The zero-order valence-corrected chi connectivity index (χ0v) is 9.25. The maximum absolute atomic E-state index is 9.90. The van der Waals surface area contributed by atoms with Crippen molar-refractivity contribution in [2.75, 3.05) is 0 Å². The smallest absolute Gasteiger partial charge is 0.0571 e. The summed E-state index contributed by atoms with van der Waals surface area (Å²) in [7, 11) is 0. The summed E-state index contributed by atoms with van der Waals surface area (Å²) in [5.74, 6) is 1.58. The molecular weight excluding hydrogens is 172 g/mol. The van der Waals surface area contributed by atoms with Gasteiger partial charge in [0.25, 0.3) is 0 Å². The molecule has 0 radical (unpaired) electrons. The molecule has 0 heterocycles. The van der Waals surface area contributed by atoms with Gasteiger partial charge in [-0.2, -0.15) is 0 Å². The van der Waals surface area contributed by atoms with Crippen molar-refractivity contribution in [2.24, 2.45) is 11.8 Å². The van der Waals surface area contributed by atoms with Gasteiger partial charge in [-0.1, -0.05) is 51.4 Å². The van der Waals surface area contributed by atoms with Gasteiger partial charge in [-0.15, -0.1) is 0 Å². The van der Waals surface area contributed by atoms with Crippen molar-refractivity contribution in [3.8, 4) is 0 Å². The Morgan fingerprint density at radius 3 is 2.00 bits per heavy atom. The molecule has 0 aromatic heterocycles. The van der Waals surface area contributed by atoms with Gasteiger partial charge in [0, 0.05) is 0 Å². The van der Waals surface area contributed by atoms with Crippen molar-refractivity contribution >= 4 is 0 Å². The van der Waals surface area contributed by atoms with E-state index in [1.165, 1.54) is 57.8 Å².